The molecule has 0 radical (unpaired) electrons. The van der Waals surface area contributed by atoms with E-state index in [0.29, 0.717) is 34.9 Å². The second-order valence-electron chi connectivity index (χ2n) is 28.8. The first-order valence-electron chi connectivity index (χ1n) is 38.0. The zero-order valence-electron chi connectivity index (χ0n) is 60.9. The summed E-state index contributed by atoms with van der Waals surface area (Å²) in [4.78, 5) is 30.8. The minimum absolute atomic E-state index is 0.588. The van der Waals surface area contributed by atoms with Crippen LogP contribution in [0.4, 0.5) is 0 Å². The molecule has 0 fully saturated rings. The molecule has 0 bridgehead atoms. The number of fused-ring (bicyclic) bond motifs is 20. The van der Waals surface area contributed by atoms with E-state index < -0.39 is 0 Å². The third-order valence-corrected chi connectivity index (χ3v) is 24.4. The zero-order chi connectivity index (χ0) is 74.9. The highest BCUT2D eigenvalue weighted by Gasteiger charge is 2.24. The Labute approximate surface area is 659 Å². The third-order valence-electron chi connectivity index (χ3n) is 22.1. The van der Waals surface area contributed by atoms with Crippen molar-refractivity contribution < 1.29 is 8.83 Å². The van der Waals surface area contributed by atoms with E-state index in [9.17, 15) is 0 Å². The Morgan fingerprint density at radius 1 is 0.193 bits per heavy atom. The molecule has 0 atom stereocenters. The normalized spacial score (nSPS) is 11.9. The molecular formula is C102H60N8O2S2. The average Bonchev–Trinajstić information content (AvgIpc) is 1.56. The number of thiophene rings is 2. The molecule has 12 heteroatoms. The molecule has 532 valence electrons. The van der Waals surface area contributed by atoms with Crippen LogP contribution in [0.1, 0.15) is 0 Å². The van der Waals surface area contributed by atoms with Crippen LogP contribution >= 0.6 is 22.7 Å². The summed E-state index contributed by atoms with van der Waals surface area (Å²) in [5.41, 5.74) is 20.0. The molecule has 0 spiro atoms. The molecule has 0 aliphatic rings. The first-order valence-corrected chi connectivity index (χ1v) is 39.7. The maximum atomic E-state index is 6.87. The standard InChI is InChI=1S/2C51H30N4OS/c1-3-12-31(13-4-1)32-14-11-15-33(28-32)49-52-50(54-51(53-49)35-23-25-39-38-18-8-10-21-45(38)57-46(39)30-35)34-22-24-37-40-26-27-43-47(48(40)56-44(37)29-34)41-19-7-9-20-42(41)55(43)36-16-5-2-6-17-36;1-3-11-31(12-4-1)32-19-21-33(22-20-32)49-52-50(54-51(53-49)35-24-26-39-38-15-8-10-18-45(38)57-46(39)30-35)34-23-25-37-40-27-28-43-47(48(40)56-44(37)29-34)41-16-7-9-17-42(41)55(43)36-13-5-2-6-14-36/h2*1-30H. The van der Waals surface area contributed by atoms with Gasteiger partial charge in [-0.1, -0.05) is 249 Å². The van der Waals surface area contributed by atoms with Crippen molar-refractivity contribution >= 4 is 151 Å². The summed E-state index contributed by atoms with van der Waals surface area (Å²) >= 11 is 3.58. The SMILES string of the molecule is c1ccc(-c2ccc(-c3nc(-c4ccc5c(c4)oc4c5ccc5c4c4ccccc4n5-c4ccccc4)nc(-c4ccc5c(c4)sc4ccccc45)n3)cc2)cc1.c1ccc(-c2cccc(-c3nc(-c4ccc5c(c4)oc4c5ccc5c4c4ccccc4n5-c4ccccc4)nc(-c4ccc5c(c4)sc4ccccc45)n3)c2)cc1. The van der Waals surface area contributed by atoms with Crippen LogP contribution in [0, 0.1) is 0 Å². The second-order valence-corrected chi connectivity index (χ2v) is 31.0. The van der Waals surface area contributed by atoms with Gasteiger partial charge in [0.1, 0.15) is 22.3 Å². The fourth-order valence-corrected chi connectivity index (χ4v) is 19.0. The van der Waals surface area contributed by atoms with Crippen LogP contribution < -0.4 is 0 Å². The van der Waals surface area contributed by atoms with Crippen LogP contribution in [0.25, 0.3) is 230 Å². The largest absolute Gasteiger partial charge is 0.455 e. The van der Waals surface area contributed by atoms with Crippen LogP contribution in [0.2, 0.25) is 0 Å². The van der Waals surface area contributed by atoms with E-state index in [4.69, 9.17) is 38.7 Å². The van der Waals surface area contributed by atoms with Gasteiger partial charge in [0.05, 0.1) is 32.8 Å². The number of hydrogen-bond acceptors (Lipinski definition) is 10. The van der Waals surface area contributed by atoms with E-state index in [2.05, 4.69) is 361 Å². The van der Waals surface area contributed by atoms with Gasteiger partial charge in [0.15, 0.2) is 34.9 Å². The molecule has 0 N–H and O–H groups in total. The first kappa shape index (κ1) is 65.1. The molecule has 16 aromatic carbocycles. The maximum absolute atomic E-state index is 6.87. The van der Waals surface area contributed by atoms with Crippen molar-refractivity contribution in [3.8, 4) is 102 Å². The molecule has 0 amide bonds. The van der Waals surface area contributed by atoms with Crippen LogP contribution in [0.3, 0.4) is 0 Å². The lowest BCUT2D eigenvalue weighted by molar-refractivity contribution is 0.672. The third kappa shape index (κ3) is 10.9. The van der Waals surface area contributed by atoms with Gasteiger partial charge >= 0.3 is 0 Å². The molecule has 10 nitrogen and oxygen atoms in total. The Hall–Kier alpha value is -14.8. The maximum Gasteiger partial charge on any atom is 0.164 e. The topological polar surface area (TPSA) is 113 Å². The zero-order valence-corrected chi connectivity index (χ0v) is 62.5. The summed E-state index contributed by atoms with van der Waals surface area (Å²) in [6, 6.07) is 127. The van der Waals surface area contributed by atoms with E-state index in [1.807, 2.05) is 12.1 Å². The molecule has 114 heavy (non-hydrogen) atoms. The van der Waals surface area contributed by atoms with Crippen molar-refractivity contribution in [2.75, 3.05) is 0 Å². The van der Waals surface area contributed by atoms with Gasteiger partial charge in [0.25, 0.3) is 0 Å². The van der Waals surface area contributed by atoms with Gasteiger partial charge in [-0.3, -0.25) is 0 Å². The number of hydrogen-bond donors (Lipinski definition) is 0. The monoisotopic (exact) mass is 1490 g/mol. The molecule has 0 saturated carbocycles. The summed E-state index contributed by atoms with van der Waals surface area (Å²) in [5.74, 6) is 3.66. The van der Waals surface area contributed by atoms with Gasteiger partial charge in [-0.25, -0.2) is 29.9 Å². The quantitative estimate of drug-likeness (QED) is 0.133. The van der Waals surface area contributed by atoms with Gasteiger partial charge in [0.2, 0.25) is 0 Å². The minimum Gasteiger partial charge on any atom is -0.455 e. The second kappa shape index (κ2) is 26.5. The highest BCUT2D eigenvalue weighted by atomic mass is 32.1. The fourth-order valence-electron chi connectivity index (χ4n) is 16.7. The number of nitrogens with zero attached hydrogens (tertiary/aromatic N) is 8. The number of benzene rings is 16. The predicted octanol–water partition coefficient (Wildman–Crippen LogP) is 27.8. The van der Waals surface area contributed by atoms with Crippen molar-refractivity contribution in [3.63, 3.8) is 0 Å². The summed E-state index contributed by atoms with van der Waals surface area (Å²) in [7, 11) is 0. The molecule has 0 aliphatic heterocycles. The smallest absolute Gasteiger partial charge is 0.164 e. The van der Waals surface area contributed by atoms with E-state index in [1.165, 1.54) is 45.9 Å². The van der Waals surface area contributed by atoms with Gasteiger partial charge in [-0.15, -0.1) is 22.7 Å². The summed E-state index contributed by atoms with van der Waals surface area (Å²) in [5, 5.41) is 13.8. The highest BCUT2D eigenvalue weighted by Crippen LogP contribution is 2.46. The highest BCUT2D eigenvalue weighted by molar-refractivity contribution is 7.26. The van der Waals surface area contributed by atoms with Crippen molar-refractivity contribution in [2.45, 2.75) is 0 Å². The molecule has 0 saturated heterocycles. The van der Waals surface area contributed by atoms with Crippen molar-refractivity contribution in [3.05, 3.63) is 364 Å². The van der Waals surface area contributed by atoms with Gasteiger partial charge in [-0.05, 0) is 138 Å². The molecule has 24 rings (SSSR count). The summed E-state index contributed by atoms with van der Waals surface area (Å²) in [6.07, 6.45) is 0. The Morgan fingerprint density at radius 2 is 0.500 bits per heavy atom. The van der Waals surface area contributed by atoms with Crippen molar-refractivity contribution in [1.82, 2.24) is 39.0 Å². The van der Waals surface area contributed by atoms with E-state index in [1.54, 1.807) is 22.7 Å². The van der Waals surface area contributed by atoms with Crippen LogP contribution in [-0.2, 0) is 0 Å². The Morgan fingerprint density at radius 3 is 0.956 bits per heavy atom. The molecule has 8 heterocycles. The Bertz CT molecular complexity index is 7980. The van der Waals surface area contributed by atoms with Gasteiger partial charge < -0.3 is 18.0 Å². The number of aromatic nitrogens is 8. The van der Waals surface area contributed by atoms with Crippen LogP contribution in [0.5, 0.6) is 0 Å². The summed E-state index contributed by atoms with van der Waals surface area (Å²) < 4.78 is 23.3. The molecule has 8 aromatic heterocycles. The number of furan rings is 2. The Balaban J connectivity index is 0.000000135. The van der Waals surface area contributed by atoms with Gasteiger partial charge in [-0.2, -0.15) is 0 Å². The molecule has 0 unspecified atom stereocenters. The van der Waals surface area contributed by atoms with Crippen LogP contribution in [0.15, 0.2) is 373 Å². The van der Waals surface area contributed by atoms with Crippen LogP contribution in [-0.4, -0.2) is 39.0 Å². The lowest BCUT2D eigenvalue weighted by atomic mass is 10.0. The molecule has 24 aromatic rings. The van der Waals surface area contributed by atoms with Crippen molar-refractivity contribution in [1.29, 1.82) is 0 Å². The molecular weight excluding hydrogens is 1430 g/mol. The van der Waals surface area contributed by atoms with Crippen molar-refractivity contribution in [2.24, 2.45) is 0 Å². The first-order chi connectivity index (χ1) is 56.5. The lowest BCUT2D eigenvalue weighted by Gasteiger charge is -2.10. The Kier molecular flexibility index (Phi) is 15.1. The van der Waals surface area contributed by atoms with E-state index in [-0.39, 0.29) is 0 Å². The fraction of sp³-hybridized carbons (Fsp3) is 0. The lowest BCUT2D eigenvalue weighted by Crippen LogP contribution is -2.00. The average molecular weight is 1490 g/mol. The summed E-state index contributed by atoms with van der Waals surface area (Å²) in [6.45, 7) is 0. The minimum atomic E-state index is 0.588. The van der Waals surface area contributed by atoms with Gasteiger partial charge in [0, 0.05) is 117 Å². The van der Waals surface area contributed by atoms with E-state index >= 15 is 0 Å². The molecule has 0 aliphatic carbocycles. The predicted molar refractivity (Wildman–Crippen MR) is 472 cm³/mol. The number of para-hydroxylation sites is 4. The number of rotatable bonds is 10. The van der Waals surface area contributed by atoms with E-state index in [0.717, 1.165) is 149 Å².